The molecule has 0 fully saturated rings. The number of H-pyrrole nitrogens is 1. The Kier molecular flexibility index (Phi) is 2.57. The molecule has 1 rings (SSSR count). The van der Waals surface area contributed by atoms with Crippen LogP contribution < -0.4 is 11.1 Å². The molecule has 0 unspecified atom stereocenters. The van der Waals surface area contributed by atoms with Crippen LogP contribution in [0.4, 0.5) is 5.82 Å². The van der Waals surface area contributed by atoms with Gasteiger partial charge in [-0.2, -0.15) is 10.1 Å². The van der Waals surface area contributed by atoms with Crippen molar-refractivity contribution in [3.05, 3.63) is 22.2 Å². The molecule has 0 aromatic carbocycles. The van der Waals surface area contributed by atoms with Crippen LogP contribution in [0.15, 0.2) is 16.0 Å². The average molecular weight is 166 g/mol. The van der Waals surface area contributed by atoms with E-state index in [0.717, 1.165) is 5.69 Å². The van der Waals surface area contributed by atoms with Gasteiger partial charge in [-0.1, -0.05) is 0 Å². The van der Waals surface area contributed by atoms with Crippen LogP contribution in [-0.2, 0) is 0 Å². The second-order valence-electron chi connectivity index (χ2n) is 2.25. The summed E-state index contributed by atoms with van der Waals surface area (Å²) < 4.78 is 0. The number of aromatic nitrogens is 2. The molecule has 0 aliphatic heterocycles. The highest BCUT2D eigenvalue weighted by Crippen LogP contribution is 1.98. The Bertz CT molecular complexity index is 342. The van der Waals surface area contributed by atoms with Crippen LogP contribution >= 0.6 is 0 Å². The van der Waals surface area contributed by atoms with E-state index in [4.69, 9.17) is 0 Å². The summed E-state index contributed by atoms with van der Waals surface area (Å²) in [5.74, 6) is 0.453. The predicted octanol–water partition coefficient (Wildman–Crippen LogP) is 0.496. The molecule has 0 saturated heterocycles. The number of nitrogens with zero attached hydrogens (tertiary/aromatic N) is 2. The lowest BCUT2D eigenvalue weighted by atomic mass is 10.4. The van der Waals surface area contributed by atoms with Crippen LogP contribution in [-0.4, -0.2) is 16.2 Å². The van der Waals surface area contributed by atoms with Gasteiger partial charge in [0.1, 0.15) is 0 Å². The van der Waals surface area contributed by atoms with E-state index in [1.807, 2.05) is 0 Å². The first-order chi connectivity index (χ1) is 5.72. The number of hydrogen-bond donors (Lipinski definition) is 2. The first-order valence-corrected chi connectivity index (χ1v) is 3.54. The Morgan fingerprint density at radius 2 is 2.50 bits per heavy atom. The molecule has 5 heteroatoms. The molecular weight excluding hydrogens is 156 g/mol. The summed E-state index contributed by atoms with van der Waals surface area (Å²) in [5, 5.41) is 3.73. The van der Waals surface area contributed by atoms with Crippen molar-refractivity contribution in [2.45, 2.75) is 13.8 Å². The summed E-state index contributed by atoms with van der Waals surface area (Å²) in [4.78, 5) is 17.0. The zero-order valence-electron chi connectivity index (χ0n) is 6.96. The van der Waals surface area contributed by atoms with Gasteiger partial charge in [0, 0.05) is 18.0 Å². The average Bonchev–Trinajstić information content (AvgIpc) is 1.99. The maximum absolute atomic E-state index is 10.8. The van der Waals surface area contributed by atoms with Gasteiger partial charge >= 0.3 is 5.69 Å². The van der Waals surface area contributed by atoms with E-state index in [-0.39, 0.29) is 5.69 Å². The van der Waals surface area contributed by atoms with Crippen molar-refractivity contribution in [2.75, 3.05) is 5.43 Å². The first-order valence-electron chi connectivity index (χ1n) is 3.54. The molecule has 1 aromatic heterocycles. The van der Waals surface area contributed by atoms with Crippen molar-refractivity contribution in [3.63, 3.8) is 0 Å². The molecule has 0 aliphatic rings. The molecule has 0 bridgehead atoms. The minimum Gasteiger partial charge on any atom is -0.310 e. The summed E-state index contributed by atoms with van der Waals surface area (Å²) in [6.07, 6.45) is 1.58. The van der Waals surface area contributed by atoms with Gasteiger partial charge in [0.2, 0.25) is 0 Å². The van der Waals surface area contributed by atoms with E-state index < -0.39 is 0 Å². The Balaban J connectivity index is 2.93. The Labute approximate surface area is 69.5 Å². The maximum atomic E-state index is 10.8. The molecule has 1 heterocycles. The first kappa shape index (κ1) is 8.45. The monoisotopic (exact) mass is 166 g/mol. The van der Waals surface area contributed by atoms with Gasteiger partial charge < -0.3 is 4.98 Å². The third-order valence-corrected chi connectivity index (χ3v) is 1.19. The molecule has 0 saturated carbocycles. The topological polar surface area (TPSA) is 70.1 Å². The van der Waals surface area contributed by atoms with Crippen molar-refractivity contribution in [1.82, 2.24) is 9.97 Å². The van der Waals surface area contributed by atoms with Gasteiger partial charge in [0.15, 0.2) is 5.82 Å². The predicted molar refractivity (Wildman–Crippen MR) is 47.4 cm³/mol. The minimum absolute atomic E-state index is 0.371. The number of hydrogen-bond acceptors (Lipinski definition) is 4. The number of rotatable bonds is 2. The van der Waals surface area contributed by atoms with E-state index in [9.17, 15) is 4.79 Å². The zero-order chi connectivity index (χ0) is 8.97. The lowest BCUT2D eigenvalue weighted by Gasteiger charge is -1.97. The Hall–Kier alpha value is -1.65. The molecular formula is C7H10N4O. The highest BCUT2D eigenvalue weighted by molar-refractivity contribution is 5.55. The normalized spacial score (nSPS) is 10.5. The third kappa shape index (κ3) is 2.19. The highest BCUT2D eigenvalue weighted by Gasteiger charge is 1.93. The van der Waals surface area contributed by atoms with Crippen LogP contribution in [0.25, 0.3) is 0 Å². The fourth-order valence-corrected chi connectivity index (χ4v) is 0.767. The standard InChI is InChI=1S/C7H10N4O/c1-3-8-11-6-4-5(2)9-7(12)10-6/h3-4H,1-2H3,(H2,9,10,11,12)/b8-3+. The molecule has 0 radical (unpaired) electrons. The van der Waals surface area contributed by atoms with Gasteiger partial charge in [0.25, 0.3) is 0 Å². The van der Waals surface area contributed by atoms with Gasteiger partial charge in [-0.05, 0) is 13.8 Å². The summed E-state index contributed by atoms with van der Waals surface area (Å²) in [6.45, 7) is 3.55. The van der Waals surface area contributed by atoms with E-state index in [1.54, 1.807) is 26.1 Å². The van der Waals surface area contributed by atoms with Crippen molar-refractivity contribution < 1.29 is 0 Å². The quantitative estimate of drug-likeness (QED) is 0.496. The maximum Gasteiger partial charge on any atom is 0.347 e. The second-order valence-corrected chi connectivity index (χ2v) is 2.25. The van der Waals surface area contributed by atoms with E-state index in [1.165, 1.54) is 0 Å². The SMILES string of the molecule is C/C=N/Nc1cc(C)[nH]c(=O)n1. The highest BCUT2D eigenvalue weighted by atomic mass is 16.1. The van der Waals surface area contributed by atoms with E-state index in [2.05, 4.69) is 20.5 Å². The fourth-order valence-electron chi connectivity index (χ4n) is 0.767. The molecule has 0 atom stereocenters. The number of aromatic amines is 1. The Morgan fingerprint density at radius 1 is 1.75 bits per heavy atom. The van der Waals surface area contributed by atoms with Gasteiger partial charge in [-0.3, -0.25) is 5.43 Å². The van der Waals surface area contributed by atoms with Crippen molar-refractivity contribution in [1.29, 1.82) is 0 Å². The van der Waals surface area contributed by atoms with Gasteiger partial charge in [0.05, 0.1) is 0 Å². The molecule has 5 nitrogen and oxygen atoms in total. The second kappa shape index (κ2) is 3.66. The smallest absolute Gasteiger partial charge is 0.310 e. The van der Waals surface area contributed by atoms with Crippen molar-refractivity contribution in [2.24, 2.45) is 5.10 Å². The molecule has 0 spiro atoms. The van der Waals surface area contributed by atoms with Crippen molar-refractivity contribution >= 4 is 12.0 Å². The number of hydrazone groups is 1. The molecule has 64 valence electrons. The van der Waals surface area contributed by atoms with Crippen LogP contribution in [0, 0.1) is 6.92 Å². The third-order valence-electron chi connectivity index (χ3n) is 1.19. The van der Waals surface area contributed by atoms with Gasteiger partial charge in [-0.25, -0.2) is 4.79 Å². The van der Waals surface area contributed by atoms with Crippen molar-refractivity contribution in [3.8, 4) is 0 Å². The van der Waals surface area contributed by atoms with Gasteiger partial charge in [-0.15, -0.1) is 0 Å². The molecule has 0 aliphatic carbocycles. The fraction of sp³-hybridized carbons (Fsp3) is 0.286. The lowest BCUT2D eigenvalue weighted by molar-refractivity contribution is 1.02. The van der Waals surface area contributed by atoms with E-state index in [0.29, 0.717) is 5.82 Å². The number of aryl methyl sites for hydroxylation is 1. The van der Waals surface area contributed by atoms with Crippen LogP contribution in [0.3, 0.4) is 0 Å². The molecule has 2 N–H and O–H groups in total. The summed E-state index contributed by atoms with van der Waals surface area (Å²) >= 11 is 0. The number of nitrogens with one attached hydrogen (secondary N) is 2. The molecule has 12 heavy (non-hydrogen) atoms. The van der Waals surface area contributed by atoms with Crippen LogP contribution in [0.2, 0.25) is 0 Å². The lowest BCUT2D eigenvalue weighted by Crippen LogP contribution is -2.12. The summed E-state index contributed by atoms with van der Waals surface area (Å²) in [5.41, 5.74) is 3.00. The summed E-state index contributed by atoms with van der Waals surface area (Å²) in [6, 6.07) is 1.70. The summed E-state index contributed by atoms with van der Waals surface area (Å²) in [7, 11) is 0. The van der Waals surface area contributed by atoms with Crippen LogP contribution in [0.1, 0.15) is 12.6 Å². The van der Waals surface area contributed by atoms with Crippen LogP contribution in [0.5, 0.6) is 0 Å². The zero-order valence-corrected chi connectivity index (χ0v) is 6.96. The van der Waals surface area contributed by atoms with E-state index >= 15 is 0 Å². The largest absolute Gasteiger partial charge is 0.347 e. The Morgan fingerprint density at radius 3 is 3.08 bits per heavy atom. The minimum atomic E-state index is -0.371. The molecule has 0 amide bonds. The number of anilines is 1. The molecule has 1 aromatic rings.